The van der Waals surface area contributed by atoms with Crippen molar-refractivity contribution < 1.29 is 18.0 Å². The quantitative estimate of drug-likeness (QED) is 0.305. The zero-order valence-electron chi connectivity index (χ0n) is 24.2. The van der Waals surface area contributed by atoms with Gasteiger partial charge in [0.1, 0.15) is 12.6 Å². The summed E-state index contributed by atoms with van der Waals surface area (Å²) in [7, 11) is -3.85. The summed E-state index contributed by atoms with van der Waals surface area (Å²) in [4.78, 5) is 29.4. The molecule has 0 saturated heterocycles. The average Bonchev–Trinajstić information content (AvgIpc) is 2.87. The Kier molecular flexibility index (Phi) is 10.5. The van der Waals surface area contributed by atoms with Gasteiger partial charge < -0.3 is 10.2 Å². The lowest BCUT2D eigenvalue weighted by Gasteiger charge is -2.35. The highest BCUT2D eigenvalue weighted by Gasteiger charge is 2.34. The molecule has 0 bridgehead atoms. The maximum absolute atomic E-state index is 14.2. The minimum Gasteiger partial charge on any atom is -0.350 e. The Morgan fingerprint density at radius 2 is 1.54 bits per heavy atom. The maximum Gasteiger partial charge on any atom is 0.244 e. The SMILES string of the molecule is Cc1ccc(N(CC(=O)N(Cc2ccc(Cl)c(Cl)c2)C(Cc2ccccc2)C(=O)NC(C)(C)C)S(C)(=O)=O)cc1C. The largest absolute Gasteiger partial charge is 0.350 e. The molecule has 0 spiro atoms. The normalized spacial score (nSPS) is 12.5. The van der Waals surface area contributed by atoms with E-state index in [2.05, 4.69) is 5.32 Å². The number of aryl methyl sites for hydroxylation is 2. The molecule has 1 atom stereocenters. The molecule has 3 rings (SSSR count). The van der Waals surface area contributed by atoms with E-state index in [1.807, 2.05) is 71.0 Å². The number of benzene rings is 3. The Balaban J connectivity index is 2.10. The lowest BCUT2D eigenvalue weighted by atomic mass is 10.0. The molecule has 0 heterocycles. The number of nitrogens with zero attached hydrogens (tertiary/aromatic N) is 2. The van der Waals surface area contributed by atoms with Gasteiger partial charge in [-0.15, -0.1) is 0 Å². The van der Waals surface area contributed by atoms with Crippen molar-refractivity contribution in [2.45, 2.75) is 59.2 Å². The summed E-state index contributed by atoms with van der Waals surface area (Å²) in [6, 6.07) is 18.7. The third-order valence-corrected chi connectivity index (χ3v) is 8.44. The van der Waals surface area contributed by atoms with Gasteiger partial charge in [-0.1, -0.05) is 65.7 Å². The minimum absolute atomic E-state index is 0.00924. The number of hydrogen-bond donors (Lipinski definition) is 1. The van der Waals surface area contributed by atoms with Crippen molar-refractivity contribution in [3.05, 3.63) is 99.0 Å². The lowest BCUT2D eigenvalue weighted by molar-refractivity contribution is -0.140. The van der Waals surface area contributed by atoms with Crippen molar-refractivity contribution in [1.82, 2.24) is 10.2 Å². The van der Waals surface area contributed by atoms with Crippen LogP contribution in [-0.4, -0.2) is 49.5 Å². The molecule has 3 aromatic rings. The summed E-state index contributed by atoms with van der Waals surface area (Å²) in [6.07, 6.45) is 1.28. The molecule has 0 aliphatic heterocycles. The third-order valence-electron chi connectivity index (χ3n) is 6.56. The first-order chi connectivity index (χ1) is 19.0. The Labute approximate surface area is 253 Å². The summed E-state index contributed by atoms with van der Waals surface area (Å²) >= 11 is 12.4. The van der Waals surface area contributed by atoms with Crippen molar-refractivity contribution >= 4 is 50.7 Å². The topological polar surface area (TPSA) is 86.8 Å². The van der Waals surface area contributed by atoms with Crippen molar-refractivity contribution in [3.63, 3.8) is 0 Å². The number of halogens is 2. The molecular weight excluding hydrogens is 581 g/mol. The van der Waals surface area contributed by atoms with Crippen molar-refractivity contribution in [3.8, 4) is 0 Å². The Morgan fingerprint density at radius 3 is 2.10 bits per heavy atom. The number of nitrogens with one attached hydrogen (secondary N) is 1. The number of anilines is 1. The van der Waals surface area contributed by atoms with Crippen LogP contribution >= 0.6 is 23.2 Å². The fourth-order valence-corrected chi connectivity index (χ4v) is 5.50. The third kappa shape index (κ3) is 9.21. The zero-order chi connectivity index (χ0) is 30.5. The van der Waals surface area contributed by atoms with Crippen LogP contribution in [0, 0.1) is 13.8 Å². The molecule has 0 saturated carbocycles. The van der Waals surface area contributed by atoms with Gasteiger partial charge in [0.2, 0.25) is 21.8 Å². The molecule has 10 heteroatoms. The fourth-order valence-electron chi connectivity index (χ4n) is 4.34. The van der Waals surface area contributed by atoms with Gasteiger partial charge >= 0.3 is 0 Å². The number of sulfonamides is 1. The van der Waals surface area contributed by atoms with Crippen molar-refractivity contribution in [1.29, 1.82) is 0 Å². The molecule has 0 aliphatic carbocycles. The van der Waals surface area contributed by atoms with E-state index in [1.165, 1.54) is 4.90 Å². The van der Waals surface area contributed by atoms with E-state index < -0.39 is 34.1 Å². The second-order valence-electron chi connectivity index (χ2n) is 11.3. The molecule has 7 nitrogen and oxygen atoms in total. The van der Waals surface area contributed by atoms with E-state index >= 15 is 0 Å². The summed E-state index contributed by atoms with van der Waals surface area (Å²) in [6.45, 7) is 8.91. The lowest BCUT2D eigenvalue weighted by Crippen LogP contribution is -2.56. The second-order valence-corrected chi connectivity index (χ2v) is 14.0. The standard InChI is InChI=1S/C31H37Cl2N3O4S/c1-21-12-14-25(16-22(21)2)36(41(6,39)40)20-29(37)35(19-24-13-15-26(32)27(33)17-24)28(30(38)34-31(3,4)5)18-23-10-8-7-9-11-23/h7-17,28H,18-20H2,1-6H3,(H,34,38). The average molecular weight is 619 g/mol. The molecule has 3 aromatic carbocycles. The highest BCUT2D eigenvalue weighted by molar-refractivity contribution is 7.92. The van der Waals surface area contributed by atoms with Gasteiger partial charge in [0, 0.05) is 18.5 Å². The van der Waals surface area contributed by atoms with Crippen LogP contribution in [0.15, 0.2) is 66.7 Å². The van der Waals surface area contributed by atoms with Gasteiger partial charge in [0.25, 0.3) is 0 Å². The van der Waals surface area contributed by atoms with E-state index in [9.17, 15) is 18.0 Å². The first kappa shape index (κ1) is 32.4. The number of hydrogen-bond acceptors (Lipinski definition) is 4. The first-order valence-corrected chi connectivity index (χ1v) is 15.8. The molecule has 41 heavy (non-hydrogen) atoms. The van der Waals surface area contributed by atoms with Gasteiger partial charge in [-0.2, -0.15) is 0 Å². The van der Waals surface area contributed by atoms with Crippen LogP contribution in [0.2, 0.25) is 10.0 Å². The summed E-state index contributed by atoms with van der Waals surface area (Å²) < 4.78 is 27.0. The molecule has 220 valence electrons. The van der Waals surface area contributed by atoms with Gasteiger partial charge in [-0.3, -0.25) is 13.9 Å². The first-order valence-electron chi connectivity index (χ1n) is 13.2. The number of rotatable bonds is 10. The minimum atomic E-state index is -3.85. The molecule has 1 N–H and O–H groups in total. The molecule has 0 fully saturated rings. The second kappa shape index (κ2) is 13.3. The van der Waals surface area contributed by atoms with Gasteiger partial charge in [0.15, 0.2) is 0 Å². The molecule has 2 amide bonds. The predicted octanol–water partition coefficient (Wildman–Crippen LogP) is 5.93. The van der Waals surface area contributed by atoms with Crippen LogP contribution in [-0.2, 0) is 32.6 Å². The van der Waals surface area contributed by atoms with Crippen LogP contribution in [0.3, 0.4) is 0 Å². The Morgan fingerprint density at radius 1 is 0.878 bits per heavy atom. The summed E-state index contributed by atoms with van der Waals surface area (Å²) in [5.41, 5.74) is 3.19. The summed E-state index contributed by atoms with van der Waals surface area (Å²) in [5.74, 6) is -0.892. The van der Waals surface area contributed by atoms with Crippen LogP contribution in [0.4, 0.5) is 5.69 Å². The van der Waals surface area contributed by atoms with Crippen molar-refractivity contribution in [2.75, 3.05) is 17.1 Å². The highest BCUT2D eigenvalue weighted by atomic mass is 35.5. The molecule has 0 radical (unpaired) electrons. The zero-order valence-corrected chi connectivity index (χ0v) is 26.6. The predicted molar refractivity (Wildman–Crippen MR) is 167 cm³/mol. The molecular formula is C31H37Cl2N3O4S. The van der Waals surface area contributed by atoms with E-state index in [-0.39, 0.29) is 18.9 Å². The van der Waals surface area contributed by atoms with Crippen LogP contribution in [0.1, 0.15) is 43.0 Å². The van der Waals surface area contributed by atoms with Crippen LogP contribution in [0.5, 0.6) is 0 Å². The van der Waals surface area contributed by atoms with Crippen molar-refractivity contribution in [2.24, 2.45) is 0 Å². The molecule has 0 aromatic heterocycles. The highest BCUT2D eigenvalue weighted by Crippen LogP contribution is 2.26. The van der Waals surface area contributed by atoms with Gasteiger partial charge in [-0.25, -0.2) is 8.42 Å². The number of carbonyl (C=O) groups is 2. The fraction of sp³-hybridized carbons (Fsp3) is 0.355. The van der Waals surface area contributed by atoms with E-state index in [0.29, 0.717) is 21.3 Å². The maximum atomic E-state index is 14.2. The summed E-state index contributed by atoms with van der Waals surface area (Å²) in [5, 5.41) is 3.67. The van der Waals surface area contributed by atoms with Gasteiger partial charge in [0.05, 0.1) is 22.0 Å². The van der Waals surface area contributed by atoms with E-state index in [1.54, 1.807) is 30.3 Å². The Bertz CT molecular complexity index is 1510. The van der Waals surface area contributed by atoms with Crippen LogP contribution < -0.4 is 9.62 Å². The Hall–Kier alpha value is -3.07. The molecule has 0 aliphatic rings. The number of amides is 2. The van der Waals surface area contributed by atoms with Gasteiger partial charge in [-0.05, 0) is 81.1 Å². The monoisotopic (exact) mass is 617 g/mol. The molecule has 1 unspecified atom stereocenters. The smallest absolute Gasteiger partial charge is 0.244 e. The van der Waals surface area contributed by atoms with E-state index in [4.69, 9.17) is 23.2 Å². The number of carbonyl (C=O) groups excluding carboxylic acids is 2. The van der Waals surface area contributed by atoms with Crippen LogP contribution in [0.25, 0.3) is 0 Å². The van der Waals surface area contributed by atoms with E-state index in [0.717, 1.165) is 27.3 Å².